The lowest BCUT2D eigenvalue weighted by Gasteiger charge is -2.35. The van der Waals surface area contributed by atoms with Crippen LogP contribution in [0.1, 0.15) is 16.2 Å². The second-order valence-electron chi connectivity index (χ2n) is 5.71. The summed E-state index contributed by atoms with van der Waals surface area (Å²) in [5.41, 5.74) is 1.43. The van der Waals surface area contributed by atoms with Gasteiger partial charge in [-0.15, -0.1) is 10.2 Å². The van der Waals surface area contributed by atoms with E-state index in [0.717, 1.165) is 30.4 Å². The smallest absolute Gasteiger partial charge is 0.254 e. The van der Waals surface area contributed by atoms with Crippen molar-refractivity contribution in [3.63, 3.8) is 0 Å². The molecule has 0 unspecified atom stereocenters. The number of rotatable bonds is 2. The second-order valence-corrected chi connectivity index (χ2v) is 5.71. The Kier molecular flexibility index (Phi) is 3.56. The molecule has 1 saturated heterocycles. The van der Waals surface area contributed by atoms with Gasteiger partial charge in [-0.05, 0) is 19.1 Å². The summed E-state index contributed by atoms with van der Waals surface area (Å²) < 4.78 is 1.93. The van der Waals surface area contributed by atoms with Gasteiger partial charge in [0.2, 0.25) is 5.65 Å². The monoisotopic (exact) mass is 323 g/mol. The second kappa shape index (κ2) is 5.88. The first kappa shape index (κ1) is 14.6. The molecule has 24 heavy (non-hydrogen) atoms. The zero-order valence-electron chi connectivity index (χ0n) is 13.3. The van der Waals surface area contributed by atoms with E-state index >= 15 is 0 Å². The molecule has 1 fully saturated rings. The molecule has 3 aromatic heterocycles. The van der Waals surface area contributed by atoms with E-state index < -0.39 is 0 Å². The highest BCUT2D eigenvalue weighted by Crippen LogP contribution is 2.19. The van der Waals surface area contributed by atoms with Crippen LogP contribution >= 0.6 is 0 Å². The van der Waals surface area contributed by atoms with Crippen LogP contribution in [-0.2, 0) is 0 Å². The summed E-state index contributed by atoms with van der Waals surface area (Å²) in [7, 11) is 0. The van der Waals surface area contributed by atoms with Crippen LogP contribution in [-0.4, -0.2) is 61.6 Å². The zero-order chi connectivity index (χ0) is 16.5. The molecule has 8 nitrogen and oxygen atoms in total. The molecule has 4 rings (SSSR count). The third-order valence-corrected chi connectivity index (χ3v) is 4.27. The van der Waals surface area contributed by atoms with E-state index in [9.17, 15) is 4.79 Å². The van der Waals surface area contributed by atoms with Crippen LogP contribution in [0.25, 0.3) is 5.65 Å². The molecule has 3 aromatic rings. The van der Waals surface area contributed by atoms with E-state index in [2.05, 4.69) is 25.1 Å². The number of nitrogens with zero attached hydrogens (tertiary/aromatic N) is 7. The van der Waals surface area contributed by atoms with Gasteiger partial charge in [0.25, 0.3) is 5.91 Å². The van der Waals surface area contributed by atoms with Gasteiger partial charge in [-0.25, -0.2) is 4.98 Å². The van der Waals surface area contributed by atoms with Crippen molar-refractivity contribution in [1.29, 1.82) is 0 Å². The Bertz CT molecular complexity index is 869. The Balaban J connectivity index is 1.51. The summed E-state index contributed by atoms with van der Waals surface area (Å²) in [6, 6.07) is 3.49. The lowest BCUT2D eigenvalue weighted by Crippen LogP contribution is -2.49. The van der Waals surface area contributed by atoms with Crippen molar-refractivity contribution in [3.05, 3.63) is 48.3 Å². The van der Waals surface area contributed by atoms with E-state index in [-0.39, 0.29) is 5.91 Å². The van der Waals surface area contributed by atoms with Gasteiger partial charge in [-0.3, -0.25) is 14.2 Å². The Hall–Kier alpha value is -3.03. The third kappa shape index (κ3) is 2.45. The number of pyridine rings is 1. The van der Waals surface area contributed by atoms with Crippen molar-refractivity contribution in [1.82, 2.24) is 29.5 Å². The van der Waals surface area contributed by atoms with Crippen molar-refractivity contribution < 1.29 is 4.79 Å². The average molecular weight is 323 g/mol. The summed E-state index contributed by atoms with van der Waals surface area (Å²) in [6.07, 6.45) is 6.90. The Labute approximate surface area is 138 Å². The highest BCUT2D eigenvalue weighted by molar-refractivity contribution is 5.94. The first-order valence-corrected chi connectivity index (χ1v) is 7.84. The van der Waals surface area contributed by atoms with Gasteiger partial charge in [0.1, 0.15) is 5.82 Å². The number of fused-ring (bicyclic) bond motifs is 1. The molecule has 0 atom stereocenters. The number of hydrogen-bond donors (Lipinski definition) is 0. The van der Waals surface area contributed by atoms with Crippen LogP contribution in [0.15, 0.2) is 36.9 Å². The highest BCUT2D eigenvalue weighted by atomic mass is 16.2. The number of piperazine rings is 1. The molecule has 1 aliphatic rings. The first-order chi connectivity index (χ1) is 11.7. The SMILES string of the molecule is Cc1nnc2c(N3CCN(C(=O)c4ccncc4)CC3)nccn12. The molecule has 0 aliphatic carbocycles. The van der Waals surface area contributed by atoms with Crippen LogP contribution in [0.3, 0.4) is 0 Å². The molecule has 0 spiro atoms. The third-order valence-electron chi connectivity index (χ3n) is 4.27. The molecule has 8 heteroatoms. The van der Waals surface area contributed by atoms with E-state index in [1.165, 1.54) is 0 Å². The van der Waals surface area contributed by atoms with Crippen LogP contribution in [0.4, 0.5) is 5.82 Å². The predicted octanol–water partition coefficient (Wildman–Crippen LogP) is 0.790. The molecule has 0 radical (unpaired) electrons. The van der Waals surface area contributed by atoms with Gasteiger partial charge >= 0.3 is 0 Å². The van der Waals surface area contributed by atoms with Gasteiger partial charge in [0, 0.05) is 56.5 Å². The summed E-state index contributed by atoms with van der Waals surface area (Å²) in [5, 5.41) is 8.33. The summed E-state index contributed by atoms with van der Waals surface area (Å²) in [5.74, 6) is 1.69. The van der Waals surface area contributed by atoms with Crippen molar-refractivity contribution in [2.75, 3.05) is 31.1 Å². The lowest BCUT2D eigenvalue weighted by atomic mass is 10.2. The molecule has 0 N–H and O–H groups in total. The fraction of sp³-hybridized carbons (Fsp3) is 0.312. The lowest BCUT2D eigenvalue weighted by molar-refractivity contribution is 0.0746. The fourth-order valence-corrected chi connectivity index (χ4v) is 2.95. The van der Waals surface area contributed by atoms with Crippen LogP contribution in [0.5, 0.6) is 0 Å². The molecular weight excluding hydrogens is 306 g/mol. The number of amides is 1. The van der Waals surface area contributed by atoms with E-state index in [0.29, 0.717) is 18.7 Å². The minimum Gasteiger partial charge on any atom is -0.350 e. The van der Waals surface area contributed by atoms with E-state index in [1.807, 2.05) is 22.4 Å². The Morgan fingerprint density at radius 1 is 1.04 bits per heavy atom. The average Bonchev–Trinajstić information content (AvgIpc) is 3.03. The van der Waals surface area contributed by atoms with Gasteiger partial charge < -0.3 is 9.80 Å². The van der Waals surface area contributed by atoms with Crippen molar-refractivity contribution >= 4 is 17.4 Å². The molecule has 122 valence electrons. The first-order valence-electron chi connectivity index (χ1n) is 7.84. The molecule has 0 saturated carbocycles. The maximum Gasteiger partial charge on any atom is 0.254 e. The van der Waals surface area contributed by atoms with Gasteiger partial charge in [0.15, 0.2) is 5.82 Å². The van der Waals surface area contributed by atoms with Crippen molar-refractivity contribution in [3.8, 4) is 0 Å². The normalized spacial score (nSPS) is 15.0. The minimum absolute atomic E-state index is 0.0431. The van der Waals surface area contributed by atoms with E-state index in [1.54, 1.807) is 30.7 Å². The van der Waals surface area contributed by atoms with Crippen LogP contribution < -0.4 is 4.90 Å². The molecule has 0 aromatic carbocycles. The maximum absolute atomic E-state index is 12.5. The largest absolute Gasteiger partial charge is 0.350 e. The van der Waals surface area contributed by atoms with Crippen molar-refractivity contribution in [2.45, 2.75) is 6.92 Å². The number of aromatic nitrogens is 5. The standard InChI is InChI=1S/C16H17N7O/c1-12-19-20-15-14(18-6-7-23(12)15)21-8-10-22(11-9-21)16(24)13-2-4-17-5-3-13/h2-7H,8-11H2,1H3. The number of anilines is 1. The number of aryl methyl sites for hydroxylation is 1. The molecule has 1 aliphatic heterocycles. The Morgan fingerprint density at radius 3 is 2.54 bits per heavy atom. The molecular formula is C16H17N7O. The van der Waals surface area contributed by atoms with Gasteiger partial charge in [0.05, 0.1) is 0 Å². The van der Waals surface area contributed by atoms with Crippen molar-refractivity contribution in [2.24, 2.45) is 0 Å². The summed E-state index contributed by atoms with van der Waals surface area (Å²) >= 11 is 0. The molecule has 1 amide bonds. The zero-order valence-corrected chi connectivity index (χ0v) is 13.3. The quantitative estimate of drug-likeness (QED) is 0.694. The number of carbonyl (C=O) groups is 1. The topological polar surface area (TPSA) is 79.5 Å². The summed E-state index contributed by atoms with van der Waals surface area (Å²) in [4.78, 5) is 24.9. The van der Waals surface area contributed by atoms with E-state index in [4.69, 9.17) is 0 Å². The minimum atomic E-state index is 0.0431. The Morgan fingerprint density at radius 2 is 1.79 bits per heavy atom. The maximum atomic E-state index is 12.5. The van der Waals surface area contributed by atoms with Crippen LogP contribution in [0.2, 0.25) is 0 Å². The van der Waals surface area contributed by atoms with Crippen LogP contribution in [0, 0.1) is 6.92 Å². The number of carbonyl (C=O) groups excluding carboxylic acids is 1. The van der Waals surface area contributed by atoms with Gasteiger partial charge in [-0.2, -0.15) is 0 Å². The van der Waals surface area contributed by atoms with Gasteiger partial charge in [-0.1, -0.05) is 0 Å². The molecule has 4 heterocycles. The predicted molar refractivity (Wildman–Crippen MR) is 87.9 cm³/mol. The molecule has 0 bridgehead atoms. The number of hydrogen-bond acceptors (Lipinski definition) is 6. The summed E-state index contributed by atoms with van der Waals surface area (Å²) in [6.45, 7) is 4.65. The highest BCUT2D eigenvalue weighted by Gasteiger charge is 2.24. The fourth-order valence-electron chi connectivity index (χ4n) is 2.95.